The maximum Gasteiger partial charge on any atom is 0.311 e. The number of aromatic amines is 1. The van der Waals surface area contributed by atoms with E-state index in [0.717, 1.165) is 0 Å². The zero-order valence-corrected chi connectivity index (χ0v) is 5.50. The molecule has 0 atom stereocenters. The molecule has 0 aliphatic heterocycles. The second kappa shape index (κ2) is 2.95. The molecule has 1 rings (SSSR count). The molecule has 0 radical (unpaired) electrons. The van der Waals surface area contributed by atoms with Gasteiger partial charge in [0.25, 0.3) is 0 Å². The summed E-state index contributed by atoms with van der Waals surface area (Å²) in [5.41, 5.74) is 0.590. The summed E-state index contributed by atoms with van der Waals surface area (Å²) in [5.74, 6) is -0.311. The molecule has 5 nitrogen and oxygen atoms in total. The van der Waals surface area contributed by atoms with E-state index in [2.05, 4.69) is 20.1 Å². The van der Waals surface area contributed by atoms with E-state index in [0.29, 0.717) is 5.69 Å². The molecule has 0 saturated heterocycles. The van der Waals surface area contributed by atoms with Crippen LogP contribution in [0.1, 0.15) is 5.69 Å². The average molecular weight is 141 g/mol. The van der Waals surface area contributed by atoms with E-state index in [1.54, 1.807) is 6.20 Å². The Morgan fingerprint density at radius 3 is 3.20 bits per heavy atom. The lowest BCUT2D eigenvalue weighted by atomic mass is 10.3. The van der Waals surface area contributed by atoms with Gasteiger partial charge < -0.3 is 4.74 Å². The third kappa shape index (κ3) is 1.54. The number of aromatic nitrogens is 3. The van der Waals surface area contributed by atoms with Crippen molar-refractivity contribution in [3.63, 3.8) is 0 Å². The highest BCUT2D eigenvalue weighted by atomic mass is 16.5. The Morgan fingerprint density at radius 1 is 1.90 bits per heavy atom. The molecule has 0 fully saturated rings. The monoisotopic (exact) mass is 141 g/mol. The standard InChI is InChI=1S/C5H7N3O2/c1-10-5(9)2-4-3-6-8-7-4/h3H,2H2,1H3,(H,6,7,8). The summed E-state index contributed by atoms with van der Waals surface area (Å²) in [6, 6.07) is 0. The summed E-state index contributed by atoms with van der Waals surface area (Å²) in [6.07, 6.45) is 1.73. The number of esters is 1. The molecule has 0 spiro atoms. The number of hydrogen-bond donors (Lipinski definition) is 1. The average Bonchev–Trinajstić information content (AvgIpc) is 2.40. The Labute approximate surface area is 57.4 Å². The van der Waals surface area contributed by atoms with Crippen LogP contribution in [0.3, 0.4) is 0 Å². The first-order chi connectivity index (χ1) is 4.83. The Bertz CT molecular complexity index is 207. The lowest BCUT2D eigenvalue weighted by Crippen LogP contribution is -2.04. The molecule has 1 aromatic heterocycles. The molecule has 0 aliphatic rings. The smallest absolute Gasteiger partial charge is 0.311 e. The zero-order valence-electron chi connectivity index (χ0n) is 5.50. The number of nitrogens with zero attached hydrogens (tertiary/aromatic N) is 2. The molecule has 1 aromatic rings. The quantitative estimate of drug-likeness (QED) is 0.565. The Morgan fingerprint density at radius 2 is 2.70 bits per heavy atom. The van der Waals surface area contributed by atoms with Crippen molar-refractivity contribution in [2.24, 2.45) is 0 Å². The Kier molecular flexibility index (Phi) is 1.99. The van der Waals surface area contributed by atoms with Gasteiger partial charge in [0.05, 0.1) is 19.2 Å². The van der Waals surface area contributed by atoms with Crippen molar-refractivity contribution < 1.29 is 9.53 Å². The second-order valence-corrected chi connectivity index (χ2v) is 1.72. The lowest BCUT2D eigenvalue weighted by Gasteiger charge is -1.91. The van der Waals surface area contributed by atoms with Gasteiger partial charge in [-0.1, -0.05) is 5.21 Å². The summed E-state index contributed by atoms with van der Waals surface area (Å²) >= 11 is 0. The third-order valence-electron chi connectivity index (χ3n) is 1.02. The predicted octanol–water partition coefficient (Wildman–Crippen LogP) is -0.480. The largest absolute Gasteiger partial charge is 0.469 e. The summed E-state index contributed by atoms with van der Waals surface area (Å²) < 4.78 is 4.40. The number of carbonyl (C=O) groups is 1. The van der Waals surface area contributed by atoms with Crippen LogP contribution in [0, 0.1) is 0 Å². The van der Waals surface area contributed by atoms with E-state index in [-0.39, 0.29) is 12.4 Å². The van der Waals surface area contributed by atoms with Crippen molar-refractivity contribution >= 4 is 5.97 Å². The van der Waals surface area contributed by atoms with Gasteiger partial charge in [-0.3, -0.25) is 9.89 Å². The van der Waals surface area contributed by atoms with Gasteiger partial charge in [-0.2, -0.15) is 0 Å². The van der Waals surface area contributed by atoms with Gasteiger partial charge >= 0.3 is 5.97 Å². The number of methoxy groups -OCH3 is 1. The summed E-state index contributed by atoms with van der Waals surface area (Å²) in [4.78, 5) is 10.6. The van der Waals surface area contributed by atoms with Crippen LogP contribution in [0.15, 0.2) is 6.20 Å². The van der Waals surface area contributed by atoms with E-state index >= 15 is 0 Å². The summed E-state index contributed by atoms with van der Waals surface area (Å²) in [5, 5.41) is 9.51. The molecule has 0 amide bonds. The molecule has 10 heavy (non-hydrogen) atoms. The molecule has 0 unspecified atom stereocenters. The van der Waals surface area contributed by atoms with Crippen molar-refractivity contribution in [1.82, 2.24) is 15.4 Å². The SMILES string of the molecule is COC(=O)Cc1c[nH]nn1. The van der Waals surface area contributed by atoms with Crippen LogP contribution in [0.2, 0.25) is 0 Å². The number of ether oxygens (including phenoxy) is 1. The van der Waals surface area contributed by atoms with E-state index in [1.807, 2.05) is 0 Å². The van der Waals surface area contributed by atoms with E-state index in [1.165, 1.54) is 7.11 Å². The first-order valence-corrected chi connectivity index (χ1v) is 2.75. The van der Waals surface area contributed by atoms with Gasteiger partial charge in [0.1, 0.15) is 0 Å². The minimum absolute atomic E-state index is 0.174. The van der Waals surface area contributed by atoms with Gasteiger partial charge in [0.2, 0.25) is 0 Å². The fourth-order valence-corrected chi connectivity index (χ4v) is 0.532. The highest BCUT2D eigenvalue weighted by Crippen LogP contribution is 1.91. The highest BCUT2D eigenvalue weighted by molar-refractivity contribution is 5.71. The first-order valence-electron chi connectivity index (χ1n) is 2.75. The lowest BCUT2D eigenvalue weighted by molar-refractivity contribution is -0.139. The van der Waals surface area contributed by atoms with E-state index in [9.17, 15) is 4.79 Å². The molecule has 1 N–H and O–H groups in total. The van der Waals surface area contributed by atoms with Crippen LogP contribution >= 0.6 is 0 Å². The molecular formula is C5H7N3O2. The number of nitrogens with one attached hydrogen (secondary N) is 1. The third-order valence-corrected chi connectivity index (χ3v) is 1.02. The fraction of sp³-hybridized carbons (Fsp3) is 0.400. The van der Waals surface area contributed by atoms with Crippen molar-refractivity contribution in [1.29, 1.82) is 0 Å². The highest BCUT2D eigenvalue weighted by Gasteiger charge is 2.03. The van der Waals surface area contributed by atoms with Crippen molar-refractivity contribution in [3.05, 3.63) is 11.9 Å². The van der Waals surface area contributed by atoms with Crippen molar-refractivity contribution in [2.45, 2.75) is 6.42 Å². The Hall–Kier alpha value is -1.39. The van der Waals surface area contributed by atoms with Crippen LogP contribution in [0.25, 0.3) is 0 Å². The van der Waals surface area contributed by atoms with Crippen LogP contribution in [0.5, 0.6) is 0 Å². The van der Waals surface area contributed by atoms with Gasteiger partial charge in [-0.25, -0.2) is 0 Å². The zero-order chi connectivity index (χ0) is 7.40. The predicted molar refractivity (Wildman–Crippen MR) is 32.1 cm³/mol. The van der Waals surface area contributed by atoms with Gasteiger partial charge in [-0.05, 0) is 0 Å². The fourth-order valence-electron chi connectivity index (χ4n) is 0.532. The molecule has 0 saturated carbocycles. The van der Waals surface area contributed by atoms with Crippen molar-refractivity contribution in [2.75, 3.05) is 7.11 Å². The molecule has 0 aliphatic carbocycles. The second-order valence-electron chi connectivity index (χ2n) is 1.72. The molecular weight excluding hydrogens is 134 g/mol. The summed E-state index contributed by atoms with van der Waals surface area (Å²) in [6.45, 7) is 0. The Balaban J connectivity index is 2.48. The molecule has 0 bridgehead atoms. The van der Waals surface area contributed by atoms with Gasteiger partial charge in [0, 0.05) is 6.20 Å². The van der Waals surface area contributed by atoms with Crippen molar-refractivity contribution in [3.8, 4) is 0 Å². The summed E-state index contributed by atoms with van der Waals surface area (Å²) in [7, 11) is 1.34. The number of carbonyl (C=O) groups excluding carboxylic acids is 1. The molecule has 5 heteroatoms. The van der Waals surface area contributed by atoms with Crippen LogP contribution in [0.4, 0.5) is 0 Å². The molecule has 54 valence electrons. The molecule has 0 aromatic carbocycles. The number of hydrogen-bond acceptors (Lipinski definition) is 4. The van der Waals surface area contributed by atoms with Gasteiger partial charge in [0.15, 0.2) is 0 Å². The normalized spacial score (nSPS) is 9.30. The van der Waals surface area contributed by atoms with Gasteiger partial charge in [-0.15, -0.1) is 5.10 Å². The number of rotatable bonds is 2. The minimum Gasteiger partial charge on any atom is -0.469 e. The van der Waals surface area contributed by atoms with Crippen LogP contribution < -0.4 is 0 Å². The van der Waals surface area contributed by atoms with Crippen LogP contribution in [-0.4, -0.2) is 28.5 Å². The topological polar surface area (TPSA) is 67.9 Å². The minimum atomic E-state index is -0.311. The van der Waals surface area contributed by atoms with Crippen LogP contribution in [-0.2, 0) is 16.0 Å². The van der Waals surface area contributed by atoms with E-state index < -0.39 is 0 Å². The molecule has 1 heterocycles. The van der Waals surface area contributed by atoms with E-state index in [4.69, 9.17) is 0 Å². The first kappa shape index (κ1) is 6.73. The maximum atomic E-state index is 10.6. The number of H-pyrrole nitrogens is 1. The maximum absolute atomic E-state index is 10.6.